The number of nitrogens with zero attached hydrogens (tertiary/aromatic N) is 3. The van der Waals surface area contributed by atoms with Crippen LogP contribution in [0.15, 0.2) is 60.1 Å². The van der Waals surface area contributed by atoms with Crippen LogP contribution < -0.4 is 10.6 Å². The Morgan fingerprint density at radius 3 is 2.41 bits per heavy atom. The second-order valence-corrected chi connectivity index (χ2v) is 6.77. The number of hydrogen-bond donors (Lipinski definition) is 2. The van der Waals surface area contributed by atoms with Crippen molar-refractivity contribution >= 4 is 39.9 Å². The van der Waals surface area contributed by atoms with Crippen molar-refractivity contribution in [1.82, 2.24) is 4.98 Å². The highest BCUT2D eigenvalue weighted by Gasteiger charge is 2.11. The van der Waals surface area contributed by atoms with Crippen molar-refractivity contribution in [1.29, 1.82) is 5.26 Å². The number of allylic oxidation sites excluding steroid dienone is 1. The number of carbonyl (C=O) groups is 1. The van der Waals surface area contributed by atoms with Crippen LogP contribution in [0, 0.1) is 21.4 Å². The number of rotatable bonds is 6. The summed E-state index contributed by atoms with van der Waals surface area (Å²) in [6, 6.07) is 15.3. The fourth-order valence-electron chi connectivity index (χ4n) is 2.43. The predicted octanol–water partition coefficient (Wildman–Crippen LogP) is 4.65. The predicted molar refractivity (Wildman–Crippen MR) is 112 cm³/mol. The minimum Gasteiger partial charge on any atom is -0.360 e. The summed E-state index contributed by atoms with van der Waals surface area (Å²) in [5.74, 6) is -0.148. The molecule has 0 fully saturated rings. The van der Waals surface area contributed by atoms with Gasteiger partial charge in [-0.25, -0.2) is 4.98 Å². The number of hydrogen-bond acceptors (Lipinski definition) is 7. The molecule has 0 aliphatic carbocycles. The van der Waals surface area contributed by atoms with Crippen LogP contribution in [0.4, 0.5) is 17.1 Å². The van der Waals surface area contributed by atoms with Crippen molar-refractivity contribution in [3.63, 3.8) is 0 Å². The Kier molecular flexibility index (Phi) is 5.97. The summed E-state index contributed by atoms with van der Waals surface area (Å²) in [7, 11) is 0. The molecule has 0 saturated carbocycles. The monoisotopic (exact) mass is 405 g/mol. The number of nitro groups is 1. The third kappa shape index (κ3) is 5.03. The third-order valence-electron chi connectivity index (χ3n) is 3.82. The van der Waals surface area contributed by atoms with Crippen LogP contribution in [-0.2, 0) is 4.79 Å². The van der Waals surface area contributed by atoms with E-state index >= 15 is 0 Å². The molecule has 3 aromatic rings. The molecule has 0 unspecified atom stereocenters. The van der Waals surface area contributed by atoms with Crippen molar-refractivity contribution in [2.75, 3.05) is 10.6 Å². The van der Waals surface area contributed by atoms with Crippen molar-refractivity contribution < 1.29 is 9.72 Å². The molecular formula is C20H15N5O3S. The summed E-state index contributed by atoms with van der Waals surface area (Å²) in [5, 5.41) is 28.3. The van der Waals surface area contributed by atoms with E-state index in [9.17, 15) is 20.2 Å². The number of nitro benzene ring substituents is 1. The third-order valence-corrected chi connectivity index (χ3v) is 4.69. The molecule has 29 heavy (non-hydrogen) atoms. The highest BCUT2D eigenvalue weighted by atomic mass is 32.1. The Balaban J connectivity index is 1.74. The lowest BCUT2D eigenvalue weighted by Gasteiger charge is -2.04. The van der Waals surface area contributed by atoms with E-state index in [4.69, 9.17) is 0 Å². The number of nitriles is 1. The average molecular weight is 405 g/mol. The molecule has 0 atom stereocenters. The molecule has 0 aliphatic heterocycles. The number of thiazole rings is 1. The molecule has 8 nitrogen and oxygen atoms in total. The van der Waals surface area contributed by atoms with Crippen LogP contribution in [0.5, 0.6) is 0 Å². The number of amides is 1. The summed E-state index contributed by atoms with van der Waals surface area (Å²) < 4.78 is 0. The number of anilines is 2. The molecule has 0 aliphatic rings. The molecule has 0 radical (unpaired) electrons. The normalized spacial score (nSPS) is 10.8. The molecule has 2 N–H and O–H groups in total. The first-order chi connectivity index (χ1) is 14.0. The van der Waals surface area contributed by atoms with Crippen LogP contribution >= 0.6 is 11.3 Å². The Morgan fingerprint density at radius 2 is 1.83 bits per heavy atom. The van der Waals surface area contributed by atoms with Gasteiger partial charge in [0, 0.05) is 47.6 Å². The van der Waals surface area contributed by atoms with Gasteiger partial charge < -0.3 is 10.6 Å². The number of benzene rings is 2. The first-order valence-electron chi connectivity index (χ1n) is 8.41. The molecular weight excluding hydrogens is 390 g/mol. The van der Waals surface area contributed by atoms with Crippen LogP contribution in [0.25, 0.3) is 16.8 Å². The van der Waals surface area contributed by atoms with Gasteiger partial charge in [-0.05, 0) is 36.4 Å². The van der Waals surface area contributed by atoms with Crippen molar-refractivity contribution in [2.24, 2.45) is 0 Å². The quantitative estimate of drug-likeness (QED) is 0.350. The maximum Gasteiger partial charge on any atom is 0.269 e. The maximum absolute atomic E-state index is 11.1. The zero-order valence-corrected chi connectivity index (χ0v) is 16.1. The number of carbonyl (C=O) groups excluding carboxylic acids is 1. The molecule has 1 amide bonds. The van der Waals surface area contributed by atoms with Crippen LogP contribution in [0.2, 0.25) is 0 Å². The van der Waals surface area contributed by atoms with E-state index in [1.54, 1.807) is 48.0 Å². The van der Waals surface area contributed by atoms with Gasteiger partial charge in [0.15, 0.2) is 0 Å². The Hall–Kier alpha value is -4.03. The summed E-state index contributed by atoms with van der Waals surface area (Å²) in [5.41, 5.74) is 3.17. The number of aromatic nitrogens is 1. The van der Waals surface area contributed by atoms with E-state index < -0.39 is 4.92 Å². The molecule has 144 valence electrons. The Bertz CT molecular complexity index is 1110. The van der Waals surface area contributed by atoms with Crippen LogP contribution in [-0.4, -0.2) is 15.8 Å². The Labute approximate surface area is 170 Å². The van der Waals surface area contributed by atoms with Gasteiger partial charge in [0.2, 0.25) is 5.91 Å². The fraction of sp³-hybridized carbons (Fsp3) is 0.0500. The molecule has 0 bridgehead atoms. The summed E-state index contributed by atoms with van der Waals surface area (Å²) in [6.45, 7) is 1.44. The van der Waals surface area contributed by atoms with E-state index in [0.717, 1.165) is 11.3 Å². The van der Waals surface area contributed by atoms with Crippen molar-refractivity contribution in [2.45, 2.75) is 6.92 Å². The zero-order chi connectivity index (χ0) is 20.8. The van der Waals surface area contributed by atoms with Gasteiger partial charge in [-0.1, -0.05) is 0 Å². The van der Waals surface area contributed by atoms with E-state index in [2.05, 4.69) is 21.7 Å². The van der Waals surface area contributed by atoms with Crippen LogP contribution in [0.1, 0.15) is 11.9 Å². The first-order valence-corrected chi connectivity index (χ1v) is 9.29. The number of nitrogens with one attached hydrogen (secondary N) is 2. The van der Waals surface area contributed by atoms with Gasteiger partial charge in [0.1, 0.15) is 16.6 Å². The van der Waals surface area contributed by atoms with Gasteiger partial charge in [-0.15, -0.1) is 11.3 Å². The molecule has 1 heterocycles. The smallest absolute Gasteiger partial charge is 0.269 e. The standard InChI is InChI=1S/C20H15N5O3S/c1-13(26)23-17-6-4-16(5-7-17)22-11-15(10-21)20-24-19(12-29-20)14-2-8-18(9-3-14)25(27)28/h2-9,11-12,22H,1H3,(H,23,26)/b15-11-. The van der Waals surface area contributed by atoms with Gasteiger partial charge in [-0.3, -0.25) is 14.9 Å². The SMILES string of the molecule is CC(=O)Nc1ccc(N/C=C(/C#N)c2nc(-c3ccc([N+](=O)[O-])cc3)cs2)cc1. The summed E-state index contributed by atoms with van der Waals surface area (Å²) in [4.78, 5) is 25.8. The Morgan fingerprint density at radius 1 is 1.17 bits per heavy atom. The second kappa shape index (κ2) is 8.77. The van der Waals surface area contributed by atoms with E-state index in [1.807, 2.05) is 0 Å². The highest BCUT2D eigenvalue weighted by molar-refractivity contribution is 7.11. The summed E-state index contributed by atoms with van der Waals surface area (Å²) >= 11 is 1.31. The van der Waals surface area contributed by atoms with E-state index in [1.165, 1.54) is 30.4 Å². The zero-order valence-electron chi connectivity index (χ0n) is 15.2. The van der Waals surface area contributed by atoms with E-state index in [0.29, 0.717) is 22.0 Å². The lowest BCUT2D eigenvalue weighted by molar-refractivity contribution is -0.384. The van der Waals surface area contributed by atoms with E-state index in [-0.39, 0.29) is 11.6 Å². The van der Waals surface area contributed by atoms with Gasteiger partial charge in [0.25, 0.3) is 5.69 Å². The minimum atomic E-state index is -0.457. The molecule has 9 heteroatoms. The topological polar surface area (TPSA) is 121 Å². The molecule has 3 rings (SSSR count). The fourth-order valence-corrected chi connectivity index (χ4v) is 3.23. The van der Waals surface area contributed by atoms with Crippen molar-refractivity contribution in [3.05, 3.63) is 75.2 Å². The largest absolute Gasteiger partial charge is 0.360 e. The average Bonchev–Trinajstić information content (AvgIpc) is 3.19. The van der Waals surface area contributed by atoms with Crippen molar-refractivity contribution in [3.8, 4) is 17.3 Å². The second-order valence-electron chi connectivity index (χ2n) is 5.91. The number of non-ortho nitro benzene ring substituents is 1. The minimum absolute atomic E-state index is 0.00975. The van der Waals surface area contributed by atoms with Gasteiger partial charge in [-0.2, -0.15) is 5.26 Å². The molecule has 1 aromatic heterocycles. The van der Waals surface area contributed by atoms with Gasteiger partial charge in [0.05, 0.1) is 10.6 Å². The van der Waals surface area contributed by atoms with Crippen LogP contribution in [0.3, 0.4) is 0 Å². The maximum atomic E-state index is 11.1. The molecule has 0 saturated heterocycles. The summed E-state index contributed by atoms with van der Waals surface area (Å²) in [6.07, 6.45) is 1.56. The lowest BCUT2D eigenvalue weighted by atomic mass is 10.1. The first kappa shape index (κ1) is 19.7. The van der Waals surface area contributed by atoms with Gasteiger partial charge >= 0.3 is 0 Å². The highest BCUT2D eigenvalue weighted by Crippen LogP contribution is 2.27. The molecule has 2 aromatic carbocycles. The lowest BCUT2D eigenvalue weighted by Crippen LogP contribution is -2.05. The molecule has 0 spiro atoms.